The van der Waals surface area contributed by atoms with E-state index < -0.39 is 28.7 Å². The first-order chi connectivity index (χ1) is 19.3. The van der Waals surface area contributed by atoms with E-state index in [1.807, 2.05) is 49.4 Å². The quantitative estimate of drug-likeness (QED) is 0.309. The van der Waals surface area contributed by atoms with E-state index in [0.29, 0.717) is 33.4 Å². The molecule has 0 spiro atoms. The highest BCUT2D eigenvalue weighted by Crippen LogP contribution is 2.27. The molecule has 0 aliphatic carbocycles. The van der Waals surface area contributed by atoms with E-state index in [4.69, 9.17) is 23.2 Å². The standard InChI is InChI=1S/C30H36Cl2N4O4S/c1-6-33-30(38)28(18-23-10-8-7-9-11-23)35(19-24-14-15-25(31)26(32)17-24)29(37)20-36(41(39,40)34(4)5)27-16-21(2)12-13-22(27)3/h7-17,28H,6,18-20H2,1-5H3,(H,33,38). The molecule has 1 unspecified atom stereocenters. The Morgan fingerprint density at radius 2 is 1.59 bits per heavy atom. The van der Waals surface area contributed by atoms with Crippen LogP contribution >= 0.6 is 23.2 Å². The van der Waals surface area contributed by atoms with Crippen molar-refractivity contribution in [2.75, 3.05) is 31.5 Å². The third-order valence-electron chi connectivity index (χ3n) is 6.61. The molecular formula is C30H36Cl2N4O4S. The third-order valence-corrected chi connectivity index (χ3v) is 9.16. The molecule has 2 amide bonds. The van der Waals surface area contributed by atoms with Crippen LogP contribution in [-0.4, -0.2) is 62.7 Å². The van der Waals surface area contributed by atoms with Crippen LogP contribution in [0.2, 0.25) is 10.0 Å². The smallest absolute Gasteiger partial charge is 0.304 e. The van der Waals surface area contributed by atoms with Crippen molar-refractivity contribution in [3.63, 3.8) is 0 Å². The Kier molecular flexibility index (Phi) is 11.2. The SMILES string of the molecule is CCNC(=O)C(Cc1ccccc1)N(Cc1ccc(Cl)c(Cl)c1)C(=O)CN(c1cc(C)ccc1C)S(=O)(=O)N(C)C. The van der Waals surface area contributed by atoms with E-state index in [9.17, 15) is 18.0 Å². The first kappa shape index (κ1) is 32.4. The lowest BCUT2D eigenvalue weighted by Crippen LogP contribution is -2.54. The van der Waals surface area contributed by atoms with Gasteiger partial charge < -0.3 is 10.2 Å². The van der Waals surface area contributed by atoms with Crippen LogP contribution in [0.5, 0.6) is 0 Å². The molecule has 0 radical (unpaired) electrons. The Hall–Kier alpha value is -3.11. The summed E-state index contributed by atoms with van der Waals surface area (Å²) in [6.45, 7) is 5.30. The molecule has 0 bridgehead atoms. The largest absolute Gasteiger partial charge is 0.355 e. The predicted molar refractivity (Wildman–Crippen MR) is 165 cm³/mol. The summed E-state index contributed by atoms with van der Waals surface area (Å²) in [7, 11) is -1.25. The number of benzene rings is 3. The van der Waals surface area contributed by atoms with E-state index in [2.05, 4.69) is 5.32 Å². The number of likely N-dealkylation sites (N-methyl/N-ethyl adjacent to an activating group) is 1. The van der Waals surface area contributed by atoms with Crippen LogP contribution in [0.1, 0.15) is 29.2 Å². The number of carbonyl (C=O) groups is 2. The number of anilines is 1. The lowest BCUT2D eigenvalue weighted by Gasteiger charge is -2.35. The van der Waals surface area contributed by atoms with Gasteiger partial charge in [0.05, 0.1) is 15.7 Å². The maximum atomic E-state index is 14.3. The highest BCUT2D eigenvalue weighted by molar-refractivity contribution is 7.90. The second-order valence-corrected chi connectivity index (χ2v) is 12.8. The second-order valence-electron chi connectivity index (χ2n) is 9.96. The fraction of sp³-hybridized carbons (Fsp3) is 0.333. The Balaban J connectivity index is 2.13. The lowest BCUT2D eigenvalue weighted by molar-refractivity contribution is -0.140. The molecule has 0 fully saturated rings. The lowest BCUT2D eigenvalue weighted by atomic mass is 10.0. The van der Waals surface area contributed by atoms with E-state index in [0.717, 1.165) is 19.7 Å². The minimum absolute atomic E-state index is 0.00695. The topological polar surface area (TPSA) is 90.0 Å². The third kappa shape index (κ3) is 8.23. The molecule has 1 atom stereocenters. The number of halogens is 2. The summed E-state index contributed by atoms with van der Waals surface area (Å²) < 4.78 is 29.3. The molecule has 0 aromatic heterocycles. The Labute approximate surface area is 253 Å². The number of amides is 2. The predicted octanol–water partition coefficient (Wildman–Crippen LogP) is 5.00. The maximum Gasteiger partial charge on any atom is 0.304 e. The zero-order valence-electron chi connectivity index (χ0n) is 23.9. The van der Waals surface area contributed by atoms with Gasteiger partial charge in [0.2, 0.25) is 11.8 Å². The summed E-state index contributed by atoms with van der Waals surface area (Å²) >= 11 is 12.4. The van der Waals surface area contributed by atoms with Crippen molar-refractivity contribution in [3.8, 4) is 0 Å². The van der Waals surface area contributed by atoms with E-state index in [1.165, 1.54) is 19.0 Å². The summed E-state index contributed by atoms with van der Waals surface area (Å²) in [4.78, 5) is 29.1. The molecule has 0 aliphatic rings. The molecule has 3 aromatic rings. The molecule has 0 saturated heterocycles. The van der Waals surface area contributed by atoms with Gasteiger partial charge in [-0.25, -0.2) is 4.31 Å². The van der Waals surface area contributed by atoms with Gasteiger partial charge in [-0.2, -0.15) is 12.7 Å². The molecule has 3 rings (SSSR count). The van der Waals surface area contributed by atoms with Gasteiger partial charge in [0.1, 0.15) is 12.6 Å². The summed E-state index contributed by atoms with van der Waals surface area (Å²) in [5.41, 5.74) is 3.41. The Morgan fingerprint density at radius 3 is 2.20 bits per heavy atom. The van der Waals surface area contributed by atoms with Crippen LogP contribution in [-0.2, 0) is 32.8 Å². The van der Waals surface area contributed by atoms with Crippen molar-refractivity contribution < 1.29 is 18.0 Å². The first-order valence-electron chi connectivity index (χ1n) is 13.2. The minimum Gasteiger partial charge on any atom is -0.355 e. The van der Waals surface area contributed by atoms with E-state index >= 15 is 0 Å². The molecule has 0 aliphatic heterocycles. The van der Waals surface area contributed by atoms with Gasteiger partial charge in [0.25, 0.3) is 0 Å². The Morgan fingerprint density at radius 1 is 0.902 bits per heavy atom. The average molecular weight is 620 g/mol. The number of carbonyl (C=O) groups excluding carboxylic acids is 2. The van der Waals surface area contributed by atoms with Crippen molar-refractivity contribution >= 4 is 50.9 Å². The molecule has 0 heterocycles. The van der Waals surface area contributed by atoms with Crippen molar-refractivity contribution in [2.45, 2.75) is 39.8 Å². The molecule has 41 heavy (non-hydrogen) atoms. The number of nitrogens with zero attached hydrogens (tertiary/aromatic N) is 3. The van der Waals surface area contributed by atoms with Crippen molar-refractivity contribution in [1.29, 1.82) is 0 Å². The van der Waals surface area contributed by atoms with Gasteiger partial charge in [-0.3, -0.25) is 9.59 Å². The van der Waals surface area contributed by atoms with E-state index in [-0.39, 0.29) is 18.9 Å². The monoisotopic (exact) mass is 618 g/mol. The second kappa shape index (κ2) is 14.2. The van der Waals surface area contributed by atoms with Crippen LogP contribution in [0.4, 0.5) is 5.69 Å². The fourth-order valence-electron chi connectivity index (χ4n) is 4.37. The summed E-state index contributed by atoms with van der Waals surface area (Å²) in [5, 5.41) is 3.50. The molecule has 1 N–H and O–H groups in total. The molecule has 3 aromatic carbocycles. The van der Waals surface area contributed by atoms with Crippen molar-refractivity contribution in [3.05, 3.63) is 99.0 Å². The molecule has 0 saturated carbocycles. The molecular weight excluding hydrogens is 583 g/mol. The van der Waals surface area contributed by atoms with Crippen LogP contribution in [0.3, 0.4) is 0 Å². The van der Waals surface area contributed by atoms with Gasteiger partial charge in [-0.15, -0.1) is 0 Å². The summed E-state index contributed by atoms with van der Waals surface area (Å²) in [5.74, 6) is -0.895. The van der Waals surface area contributed by atoms with Crippen LogP contribution < -0.4 is 9.62 Å². The van der Waals surface area contributed by atoms with Crippen LogP contribution in [0.15, 0.2) is 66.7 Å². The number of nitrogens with one attached hydrogen (secondary N) is 1. The van der Waals surface area contributed by atoms with Gasteiger partial charge >= 0.3 is 10.2 Å². The van der Waals surface area contributed by atoms with Gasteiger partial charge in [-0.05, 0) is 61.2 Å². The molecule has 11 heteroatoms. The summed E-state index contributed by atoms with van der Waals surface area (Å²) in [6.07, 6.45) is 0.226. The number of hydrogen-bond donors (Lipinski definition) is 1. The number of aryl methyl sites for hydroxylation is 2. The van der Waals surface area contributed by atoms with Crippen LogP contribution in [0, 0.1) is 13.8 Å². The van der Waals surface area contributed by atoms with Gasteiger partial charge in [0, 0.05) is 33.6 Å². The average Bonchev–Trinajstić information content (AvgIpc) is 2.93. The molecule has 220 valence electrons. The fourth-order valence-corrected chi connectivity index (χ4v) is 5.80. The zero-order chi connectivity index (χ0) is 30.3. The number of rotatable bonds is 12. The minimum atomic E-state index is -4.08. The summed E-state index contributed by atoms with van der Waals surface area (Å²) in [6, 6.07) is 18.8. The highest BCUT2D eigenvalue weighted by atomic mass is 35.5. The van der Waals surface area contributed by atoms with Gasteiger partial charge in [0.15, 0.2) is 0 Å². The van der Waals surface area contributed by atoms with Crippen LogP contribution in [0.25, 0.3) is 0 Å². The van der Waals surface area contributed by atoms with Crippen molar-refractivity contribution in [2.24, 2.45) is 0 Å². The van der Waals surface area contributed by atoms with Crippen molar-refractivity contribution in [1.82, 2.24) is 14.5 Å². The molecule has 8 nitrogen and oxygen atoms in total. The van der Waals surface area contributed by atoms with E-state index in [1.54, 1.807) is 38.1 Å². The Bertz CT molecular complexity index is 1480. The maximum absolute atomic E-state index is 14.3. The zero-order valence-corrected chi connectivity index (χ0v) is 26.2. The first-order valence-corrected chi connectivity index (χ1v) is 15.3. The highest BCUT2D eigenvalue weighted by Gasteiger charge is 2.35. The number of hydrogen-bond acceptors (Lipinski definition) is 4. The normalized spacial score (nSPS) is 12.2. The van der Waals surface area contributed by atoms with Gasteiger partial charge in [-0.1, -0.05) is 71.7 Å².